The molecule has 1 aromatic carbocycles. The van der Waals surface area contributed by atoms with E-state index in [1.165, 1.54) is 10.9 Å². The third-order valence-corrected chi connectivity index (χ3v) is 2.51. The lowest BCUT2D eigenvalue weighted by Gasteiger charge is -2.01. The van der Waals surface area contributed by atoms with Crippen LogP contribution in [0.15, 0.2) is 36.5 Å². The summed E-state index contributed by atoms with van der Waals surface area (Å²) in [5.74, 6) is 0.715. The Morgan fingerprint density at radius 3 is 2.93 bits per heavy atom. The van der Waals surface area contributed by atoms with E-state index in [2.05, 4.69) is 17.1 Å². The summed E-state index contributed by atoms with van der Waals surface area (Å²) < 4.78 is 0. The summed E-state index contributed by atoms with van der Waals surface area (Å²) in [6.45, 7) is 0. The van der Waals surface area contributed by atoms with Crippen LogP contribution in [0.4, 0.5) is 0 Å². The largest absolute Gasteiger partial charge is 0.256 e. The molecule has 0 atom stereocenters. The second kappa shape index (κ2) is 4.43. The van der Waals surface area contributed by atoms with Gasteiger partial charge in [0.05, 0.1) is 5.52 Å². The van der Waals surface area contributed by atoms with Gasteiger partial charge in [0.1, 0.15) is 0 Å². The molecule has 0 bridgehead atoms. The quantitative estimate of drug-likeness (QED) is 0.700. The molecule has 0 saturated carbocycles. The van der Waals surface area contributed by atoms with Gasteiger partial charge in [0.15, 0.2) is 0 Å². The third-order valence-electron chi connectivity index (χ3n) is 2.25. The first kappa shape index (κ1) is 9.47. The Balaban J connectivity index is 2.32. The molecule has 0 aliphatic rings. The van der Waals surface area contributed by atoms with Crippen molar-refractivity contribution in [1.29, 1.82) is 0 Å². The zero-order valence-electron chi connectivity index (χ0n) is 7.91. The van der Waals surface area contributed by atoms with Gasteiger partial charge in [0, 0.05) is 17.5 Å². The predicted molar refractivity (Wildman–Crippen MR) is 60.8 cm³/mol. The zero-order chi connectivity index (χ0) is 9.80. The first-order chi connectivity index (χ1) is 6.90. The maximum atomic E-state index is 5.65. The minimum Gasteiger partial charge on any atom is -0.256 e. The van der Waals surface area contributed by atoms with Gasteiger partial charge in [-0.05, 0) is 30.5 Å². The molecule has 0 aliphatic carbocycles. The number of aryl methyl sites for hydroxylation is 1. The summed E-state index contributed by atoms with van der Waals surface area (Å²) in [7, 11) is 0. The molecule has 0 N–H and O–H groups in total. The second-order valence-corrected chi connectivity index (χ2v) is 3.71. The Hall–Kier alpha value is -1.08. The van der Waals surface area contributed by atoms with E-state index in [1.807, 2.05) is 24.4 Å². The highest BCUT2D eigenvalue weighted by molar-refractivity contribution is 6.17. The van der Waals surface area contributed by atoms with E-state index in [1.54, 1.807) is 0 Å². The summed E-state index contributed by atoms with van der Waals surface area (Å²) in [5.41, 5.74) is 2.33. The molecule has 1 heterocycles. The van der Waals surface area contributed by atoms with Crippen LogP contribution in [-0.2, 0) is 6.42 Å². The maximum Gasteiger partial charge on any atom is 0.0702 e. The van der Waals surface area contributed by atoms with Crippen molar-refractivity contribution in [2.45, 2.75) is 12.8 Å². The Kier molecular flexibility index (Phi) is 3.00. The fourth-order valence-electron chi connectivity index (χ4n) is 1.52. The summed E-state index contributed by atoms with van der Waals surface area (Å²) in [4.78, 5) is 4.39. The normalized spacial score (nSPS) is 10.6. The number of pyridine rings is 1. The van der Waals surface area contributed by atoms with Gasteiger partial charge >= 0.3 is 0 Å². The Morgan fingerprint density at radius 1 is 1.21 bits per heavy atom. The van der Waals surface area contributed by atoms with Crippen LogP contribution in [0.3, 0.4) is 0 Å². The average molecular weight is 206 g/mol. The summed E-state index contributed by atoms with van der Waals surface area (Å²) >= 11 is 5.65. The fourth-order valence-corrected chi connectivity index (χ4v) is 1.66. The van der Waals surface area contributed by atoms with E-state index in [-0.39, 0.29) is 0 Å². The number of halogens is 1. The molecule has 0 fully saturated rings. The number of hydrogen-bond donors (Lipinski definition) is 0. The highest BCUT2D eigenvalue weighted by Crippen LogP contribution is 2.13. The first-order valence-electron chi connectivity index (χ1n) is 4.80. The number of alkyl halides is 1. The third kappa shape index (κ3) is 2.05. The molecule has 0 aliphatic heterocycles. The van der Waals surface area contributed by atoms with Crippen LogP contribution in [-0.4, -0.2) is 10.9 Å². The van der Waals surface area contributed by atoms with Crippen molar-refractivity contribution >= 4 is 22.5 Å². The van der Waals surface area contributed by atoms with Crippen LogP contribution in [0, 0.1) is 0 Å². The number of hydrogen-bond acceptors (Lipinski definition) is 1. The van der Waals surface area contributed by atoms with Crippen LogP contribution in [0.5, 0.6) is 0 Å². The van der Waals surface area contributed by atoms with Crippen LogP contribution in [0.1, 0.15) is 12.0 Å². The minimum atomic E-state index is 0.715. The zero-order valence-corrected chi connectivity index (χ0v) is 8.67. The first-order valence-corrected chi connectivity index (χ1v) is 5.33. The van der Waals surface area contributed by atoms with Crippen LogP contribution in [0.2, 0.25) is 0 Å². The highest BCUT2D eigenvalue weighted by Gasteiger charge is 1.96. The van der Waals surface area contributed by atoms with E-state index >= 15 is 0 Å². The van der Waals surface area contributed by atoms with Crippen molar-refractivity contribution < 1.29 is 0 Å². The standard InChI is InChI=1S/C12H12ClN/c13-7-3-4-10-8-11-5-1-2-6-12(11)14-9-10/h1-2,5-6,8-9H,3-4,7H2. The van der Waals surface area contributed by atoms with Crippen molar-refractivity contribution in [1.82, 2.24) is 4.98 Å². The Labute approximate surface area is 88.7 Å². The molecule has 0 amide bonds. The fraction of sp³-hybridized carbons (Fsp3) is 0.250. The number of benzene rings is 1. The minimum absolute atomic E-state index is 0.715. The van der Waals surface area contributed by atoms with E-state index < -0.39 is 0 Å². The van der Waals surface area contributed by atoms with Gasteiger partial charge in [-0.2, -0.15) is 0 Å². The number of aromatic nitrogens is 1. The molecule has 14 heavy (non-hydrogen) atoms. The molecule has 0 spiro atoms. The summed E-state index contributed by atoms with van der Waals surface area (Å²) in [6.07, 6.45) is 3.97. The molecule has 0 radical (unpaired) electrons. The molecule has 2 rings (SSSR count). The topological polar surface area (TPSA) is 12.9 Å². The average Bonchev–Trinajstić information content (AvgIpc) is 2.26. The number of fused-ring (bicyclic) bond motifs is 1. The second-order valence-electron chi connectivity index (χ2n) is 3.33. The molecule has 1 nitrogen and oxygen atoms in total. The van der Waals surface area contributed by atoms with Crippen molar-refractivity contribution in [3.8, 4) is 0 Å². The lowest BCUT2D eigenvalue weighted by atomic mass is 10.1. The maximum absolute atomic E-state index is 5.65. The molecule has 1 aromatic heterocycles. The lowest BCUT2D eigenvalue weighted by Crippen LogP contribution is -1.88. The Bertz CT molecular complexity index is 425. The molecular weight excluding hydrogens is 194 g/mol. The number of para-hydroxylation sites is 1. The van der Waals surface area contributed by atoms with Gasteiger partial charge in [-0.25, -0.2) is 0 Å². The smallest absolute Gasteiger partial charge is 0.0702 e. The molecule has 0 saturated heterocycles. The predicted octanol–water partition coefficient (Wildman–Crippen LogP) is 3.41. The van der Waals surface area contributed by atoms with E-state index in [9.17, 15) is 0 Å². The van der Waals surface area contributed by atoms with Gasteiger partial charge in [-0.15, -0.1) is 11.6 Å². The number of nitrogens with zero attached hydrogens (tertiary/aromatic N) is 1. The number of rotatable bonds is 3. The van der Waals surface area contributed by atoms with Crippen LogP contribution in [0.25, 0.3) is 10.9 Å². The van der Waals surface area contributed by atoms with Crippen LogP contribution >= 0.6 is 11.6 Å². The summed E-state index contributed by atoms with van der Waals surface area (Å²) in [5, 5.41) is 1.21. The molecular formula is C12H12ClN. The Morgan fingerprint density at radius 2 is 2.07 bits per heavy atom. The lowest BCUT2D eigenvalue weighted by molar-refractivity contribution is 0.924. The SMILES string of the molecule is ClCCCc1cnc2ccccc2c1. The van der Waals surface area contributed by atoms with Gasteiger partial charge in [0.25, 0.3) is 0 Å². The van der Waals surface area contributed by atoms with Gasteiger partial charge < -0.3 is 0 Å². The van der Waals surface area contributed by atoms with Crippen molar-refractivity contribution in [3.63, 3.8) is 0 Å². The monoisotopic (exact) mass is 205 g/mol. The van der Waals surface area contributed by atoms with Crippen LogP contribution < -0.4 is 0 Å². The van der Waals surface area contributed by atoms with Crippen molar-refractivity contribution in [2.75, 3.05) is 5.88 Å². The van der Waals surface area contributed by atoms with Gasteiger partial charge in [0.2, 0.25) is 0 Å². The van der Waals surface area contributed by atoms with Crippen molar-refractivity contribution in [2.24, 2.45) is 0 Å². The molecule has 2 aromatic rings. The van der Waals surface area contributed by atoms with E-state index in [0.29, 0.717) is 5.88 Å². The van der Waals surface area contributed by atoms with Gasteiger partial charge in [-0.3, -0.25) is 4.98 Å². The van der Waals surface area contributed by atoms with Crippen molar-refractivity contribution in [3.05, 3.63) is 42.1 Å². The van der Waals surface area contributed by atoms with E-state index in [0.717, 1.165) is 18.4 Å². The molecule has 0 unspecified atom stereocenters. The molecule has 2 heteroatoms. The van der Waals surface area contributed by atoms with E-state index in [4.69, 9.17) is 11.6 Å². The van der Waals surface area contributed by atoms with Gasteiger partial charge in [-0.1, -0.05) is 18.2 Å². The summed E-state index contributed by atoms with van der Waals surface area (Å²) in [6, 6.07) is 10.4. The highest BCUT2D eigenvalue weighted by atomic mass is 35.5. The molecule has 72 valence electrons.